The summed E-state index contributed by atoms with van der Waals surface area (Å²) in [6, 6.07) is 7.97. The minimum absolute atomic E-state index is 0.0372. The summed E-state index contributed by atoms with van der Waals surface area (Å²) < 4.78 is 7.54. The average molecular weight is 327 g/mol. The number of carboxylic acids is 1. The monoisotopic (exact) mass is 327 g/mol. The van der Waals surface area contributed by atoms with E-state index in [1.165, 1.54) is 15.8 Å². The SMILES string of the molecule is Cc1ccc2c(c1)[C@@H]1OCCC[C@@H]1[C@@H](c1cc(C(=O)O)n(C)n1)N2. The number of nitrogens with one attached hydrogen (secondary N) is 1. The van der Waals surface area contributed by atoms with Crippen LogP contribution in [-0.4, -0.2) is 27.5 Å². The third kappa shape index (κ3) is 2.38. The number of carbonyl (C=O) groups is 1. The largest absolute Gasteiger partial charge is 0.477 e. The van der Waals surface area contributed by atoms with Gasteiger partial charge in [0.05, 0.1) is 17.8 Å². The van der Waals surface area contributed by atoms with E-state index in [1.807, 2.05) is 0 Å². The topological polar surface area (TPSA) is 76.4 Å². The molecule has 3 atom stereocenters. The van der Waals surface area contributed by atoms with Crippen molar-refractivity contribution in [3.63, 3.8) is 0 Å². The summed E-state index contributed by atoms with van der Waals surface area (Å²) in [5, 5.41) is 17.3. The number of fused-ring (bicyclic) bond motifs is 3. The molecule has 0 bridgehead atoms. The standard InChI is InChI=1S/C18H21N3O3/c1-10-5-6-13-12(8-10)17-11(4-3-7-24-17)16(19-13)14-9-15(18(22)23)21(2)20-14/h5-6,8-9,11,16-17,19H,3-4,7H2,1-2H3,(H,22,23)/t11-,16+,17-/m1/s1. The van der Waals surface area contributed by atoms with Crippen LogP contribution in [0.2, 0.25) is 0 Å². The summed E-state index contributed by atoms with van der Waals surface area (Å²) >= 11 is 0. The predicted molar refractivity (Wildman–Crippen MR) is 89.1 cm³/mol. The molecule has 6 nitrogen and oxygen atoms in total. The van der Waals surface area contributed by atoms with Crippen molar-refractivity contribution < 1.29 is 14.6 Å². The maximum atomic E-state index is 11.3. The van der Waals surface area contributed by atoms with E-state index < -0.39 is 5.97 Å². The van der Waals surface area contributed by atoms with Gasteiger partial charge in [0.2, 0.25) is 0 Å². The van der Waals surface area contributed by atoms with Crippen molar-refractivity contribution in [1.82, 2.24) is 9.78 Å². The van der Waals surface area contributed by atoms with Crippen LogP contribution in [0.1, 0.15) is 52.3 Å². The van der Waals surface area contributed by atoms with Gasteiger partial charge in [-0.25, -0.2) is 4.79 Å². The van der Waals surface area contributed by atoms with Crippen LogP contribution < -0.4 is 5.32 Å². The number of nitrogens with zero attached hydrogens (tertiary/aromatic N) is 2. The van der Waals surface area contributed by atoms with Gasteiger partial charge >= 0.3 is 5.97 Å². The molecule has 2 N–H and O–H groups in total. The predicted octanol–water partition coefficient (Wildman–Crippen LogP) is 3.06. The molecule has 126 valence electrons. The van der Waals surface area contributed by atoms with E-state index in [4.69, 9.17) is 4.74 Å². The van der Waals surface area contributed by atoms with Gasteiger partial charge in [-0.3, -0.25) is 4.68 Å². The first-order valence-electron chi connectivity index (χ1n) is 8.30. The second-order valence-corrected chi connectivity index (χ2v) is 6.69. The molecule has 3 heterocycles. The first-order valence-corrected chi connectivity index (χ1v) is 8.30. The van der Waals surface area contributed by atoms with E-state index in [2.05, 4.69) is 35.5 Å². The van der Waals surface area contributed by atoms with Gasteiger partial charge in [0.25, 0.3) is 0 Å². The maximum absolute atomic E-state index is 11.3. The Kier molecular flexibility index (Phi) is 3.57. The van der Waals surface area contributed by atoms with E-state index >= 15 is 0 Å². The van der Waals surface area contributed by atoms with E-state index in [0.29, 0.717) is 0 Å². The molecule has 6 heteroatoms. The van der Waals surface area contributed by atoms with Crippen LogP contribution >= 0.6 is 0 Å². The molecule has 1 aromatic heterocycles. The normalized spacial score (nSPS) is 25.5. The van der Waals surface area contributed by atoms with Gasteiger partial charge in [0.1, 0.15) is 5.69 Å². The molecule has 0 radical (unpaired) electrons. The van der Waals surface area contributed by atoms with Crippen molar-refractivity contribution in [1.29, 1.82) is 0 Å². The van der Waals surface area contributed by atoms with Crippen LogP contribution in [0.25, 0.3) is 0 Å². The summed E-state index contributed by atoms with van der Waals surface area (Å²) in [5.41, 5.74) is 4.44. The molecule has 2 aromatic rings. The quantitative estimate of drug-likeness (QED) is 0.886. The highest BCUT2D eigenvalue weighted by Crippen LogP contribution is 2.48. The maximum Gasteiger partial charge on any atom is 0.354 e. The number of ether oxygens (including phenoxy) is 1. The molecule has 1 saturated heterocycles. The Hall–Kier alpha value is -2.34. The zero-order valence-electron chi connectivity index (χ0n) is 13.8. The molecule has 0 spiro atoms. The number of aromatic carboxylic acids is 1. The molecule has 0 amide bonds. The van der Waals surface area contributed by atoms with Crippen molar-refractivity contribution >= 4 is 11.7 Å². The number of aromatic nitrogens is 2. The second-order valence-electron chi connectivity index (χ2n) is 6.69. The molecular weight excluding hydrogens is 306 g/mol. The van der Waals surface area contributed by atoms with Crippen molar-refractivity contribution in [2.45, 2.75) is 31.9 Å². The van der Waals surface area contributed by atoms with Gasteiger partial charge in [-0.15, -0.1) is 0 Å². The zero-order chi connectivity index (χ0) is 16.8. The Labute approximate surface area is 140 Å². The number of aryl methyl sites for hydroxylation is 2. The van der Waals surface area contributed by atoms with Crippen LogP contribution in [0.4, 0.5) is 5.69 Å². The van der Waals surface area contributed by atoms with Gasteiger partial charge in [-0.05, 0) is 31.9 Å². The van der Waals surface area contributed by atoms with Crippen LogP contribution in [0.3, 0.4) is 0 Å². The Bertz CT molecular complexity index is 799. The van der Waals surface area contributed by atoms with E-state index in [0.717, 1.165) is 30.8 Å². The average Bonchev–Trinajstić information content (AvgIpc) is 2.96. The first-order chi connectivity index (χ1) is 11.5. The highest BCUT2D eigenvalue weighted by molar-refractivity contribution is 5.85. The summed E-state index contributed by atoms with van der Waals surface area (Å²) in [7, 11) is 1.67. The Morgan fingerprint density at radius 3 is 3.00 bits per heavy atom. The molecule has 0 unspecified atom stereocenters. The summed E-state index contributed by atoms with van der Waals surface area (Å²) in [6.45, 7) is 2.85. The first kappa shape index (κ1) is 15.2. The number of rotatable bonds is 2. The zero-order valence-corrected chi connectivity index (χ0v) is 13.8. The third-order valence-corrected chi connectivity index (χ3v) is 5.06. The summed E-state index contributed by atoms with van der Waals surface area (Å²) in [5.74, 6) is -0.705. The molecule has 4 rings (SSSR count). The van der Waals surface area contributed by atoms with Crippen molar-refractivity contribution in [3.05, 3.63) is 46.8 Å². The van der Waals surface area contributed by atoms with Crippen LogP contribution in [0.15, 0.2) is 24.3 Å². The molecule has 24 heavy (non-hydrogen) atoms. The number of benzene rings is 1. The van der Waals surface area contributed by atoms with Crippen molar-refractivity contribution in [2.24, 2.45) is 13.0 Å². The van der Waals surface area contributed by atoms with Crippen molar-refractivity contribution in [2.75, 3.05) is 11.9 Å². The fourth-order valence-corrected chi connectivity index (χ4v) is 3.92. The lowest BCUT2D eigenvalue weighted by atomic mass is 9.78. The smallest absolute Gasteiger partial charge is 0.354 e. The number of hydrogen-bond acceptors (Lipinski definition) is 4. The molecule has 2 aliphatic heterocycles. The lowest BCUT2D eigenvalue weighted by Crippen LogP contribution is -2.36. The highest BCUT2D eigenvalue weighted by atomic mass is 16.5. The van der Waals surface area contributed by atoms with Gasteiger partial charge in [-0.2, -0.15) is 5.10 Å². The Morgan fingerprint density at radius 2 is 2.25 bits per heavy atom. The summed E-state index contributed by atoms with van der Waals surface area (Å²) in [6.07, 6.45) is 2.09. The minimum Gasteiger partial charge on any atom is -0.477 e. The number of hydrogen-bond donors (Lipinski definition) is 2. The van der Waals surface area contributed by atoms with E-state index in [-0.39, 0.29) is 23.8 Å². The fraction of sp³-hybridized carbons (Fsp3) is 0.444. The van der Waals surface area contributed by atoms with Gasteiger partial charge in [0, 0.05) is 30.8 Å². The van der Waals surface area contributed by atoms with Gasteiger partial charge in [0.15, 0.2) is 0 Å². The van der Waals surface area contributed by atoms with Gasteiger partial charge in [-0.1, -0.05) is 17.7 Å². The minimum atomic E-state index is -0.959. The van der Waals surface area contributed by atoms with E-state index in [1.54, 1.807) is 13.1 Å². The van der Waals surface area contributed by atoms with Crippen LogP contribution in [-0.2, 0) is 11.8 Å². The molecular formula is C18H21N3O3. The molecule has 0 saturated carbocycles. The Balaban J connectivity index is 1.77. The van der Waals surface area contributed by atoms with Gasteiger partial charge < -0.3 is 15.2 Å². The molecule has 1 aromatic carbocycles. The lowest BCUT2D eigenvalue weighted by molar-refractivity contribution is -0.0386. The number of carboxylic acid groups (broad SMARTS) is 1. The third-order valence-electron chi connectivity index (χ3n) is 5.06. The van der Waals surface area contributed by atoms with Crippen LogP contribution in [0.5, 0.6) is 0 Å². The lowest BCUT2D eigenvalue weighted by Gasteiger charge is -2.42. The molecule has 1 fully saturated rings. The fourth-order valence-electron chi connectivity index (χ4n) is 3.92. The Morgan fingerprint density at radius 1 is 1.42 bits per heavy atom. The van der Waals surface area contributed by atoms with Crippen LogP contribution in [0, 0.1) is 12.8 Å². The van der Waals surface area contributed by atoms with Crippen molar-refractivity contribution in [3.8, 4) is 0 Å². The molecule has 0 aliphatic carbocycles. The number of anilines is 1. The van der Waals surface area contributed by atoms with E-state index in [9.17, 15) is 9.90 Å². The highest BCUT2D eigenvalue weighted by Gasteiger charge is 2.41. The summed E-state index contributed by atoms with van der Waals surface area (Å²) in [4.78, 5) is 11.3. The second kappa shape index (κ2) is 5.63. The molecule has 2 aliphatic rings.